The van der Waals surface area contributed by atoms with Crippen molar-refractivity contribution in [2.75, 3.05) is 12.9 Å². The number of amides is 2. The van der Waals surface area contributed by atoms with Gasteiger partial charge in [-0.1, -0.05) is 0 Å². The van der Waals surface area contributed by atoms with Gasteiger partial charge in [-0.25, -0.2) is 13.2 Å². The summed E-state index contributed by atoms with van der Waals surface area (Å²) in [5.41, 5.74) is 0.380. The van der Waals surface area contributed by atoms with Crippen LogP contribution in [0, 0.1) is 0 Å². The first-order valence-corrected chi connectivity index (χ1v) is 9.00. The minimum atomic E-state index is -3.37. The Morgan fingerprint density at radius 2 is 1.76 bits per heavy atom. The lowest BCUT2D eigenvalue weighted by Crippen LogP contribution is -2.35. The number of nitrogens with one attached hydrogen (secondary N) is 1. The Hall–Kier alpha value is -2.94. The number of sulfone groups is 1. The summed E-state index contributed by atoms with van der Waals surface area (Å²) in [6.07, 6.45) is 2.70. The van der Waals surface area contributed by atoms with Gasteiger partial charge in [0.15, 0.2) is 16.4 Å². The summed E-state index contributed by atoms with van der Waals surface area (Å²) in [7, 11) is -1.71. The second-order valence-electron chi connectivity index (χ2n) is 5.25. The topological polar surface area (TPSA) is 112 Å². The van der Waals surface area contributed by atoms with Gasteiger partial charge in [0.05, 0.1) is 10.5 Å². The molecule has 0 saturated carbocycles. The second kappa shape index (κ2) is 7.31. The van der Waals surface area contributed by atoms with Crippen molar-refractivity contribution >= 4 is 27.6 Å². The highest BCUT2D eigenvalue weighted by Gasteiger charge is 2.16. The number of rotatable bonds is 5. The SMILES string of the molecule is Cn1cccc1C(=O)NC(=O)COC(=O)c1ccc(S(C)(=O)=O)cc1. The number of aromatic nitrogens is 1. The van der Waals surface area contributed by atoms with Gasteiger partial charge in [-0.3, -0.25) is 14.9 Å². The molecule has 0 bridgehead atoms. The summed E-state index contributed by atoms with van der Waals surface area (Å²) in [5.74, 6) is -2.18. The maximum absolute atomic E-state index is 11.8. The van der Waals surface area contributed by atoms with Gasteiger partial charge in [0.2, 0.25) is 0 Å². The van der Waals surface area contributed by atoms with Crippen molar-refractivity contribution in [3.8, 4) is 0 Å². The van der Waals surface area contributed by atoms with Crippen LogP contribution in [0.15, 0.2) is 47.5 Å². The molecule has 0 radical (unpaired) electrons. The van der Waals surface area contributed by atoms with Gasteiger partial charge in [-0.05, 0) is 36.4 Å². The predicted octanol–water partition coefficient (Wildman–Crippen LogP) is 0.542. The number of carbonyl (C=O) groups is 3. The zero-order valence-corrected chi connectivity index (χ0v) is 14.4. The molecule has 0 saturated heterocycles. The number of ether oxygens (including phenoxy) is 1. The Kier molecular flexibility index (Phi) is 5.38. The highest BCUT2D eigenvalue weighted by atomic mass is 32.2. The smallest absolute Gasteiger partial charge is 0.338 e. The highest BCUT2D eigenvalue weighted by Crippen LogP contribution is 2.11. The van der Waals surface area contributed by atoms with Gasteiger partial charge in [0.25, 0.3) is 11.8 Å². The molecule has 0 aliphatic heterocycles. The number of nitrogens with zero attached hydrogens (tertiary/aromatic N) is 1. The van der Waals surface area contributed by atoms with Crippen LogP contribution in [-0.4, -0.2) is 43.6 Å². The molecule has 8 nitrogen and oxygen atoms in total. The fraction of sp³-hybridized carbons (Fsp3) is 0.188. The van der Waals surface area contributed by atoms with E-state index in [9.17, 15) is 22.8 Å². The lowest BCUT2D eigenvalue weighted by Gasteiger charge is -2.07. The average Bonchev–Trinajstić information content (AvgIpc) is 2.98. The molecule has 2 aromatic rings. The molecule has 2 amide bonds. The molecule has 1 aromatic heterocycles. The van der Waals surface area contributed by atoms with Crippen LogP contribution >= 0.6 is 0 Å². The Bertz CT molecular complexity index is 912. The number of carbonyl (C=O) groups excluding carboxylic acids is 3. The van der Waals surface area contributed by atoms with Gasteiger partial charge in [0, 0.05) is 19.5 Å². The van der Waals surface area contributed by atoms with Gasteiger partial charge in [-0.2, -0.15) is 0 Å². The molecule has 0 fully saturated rings. The number of esters is 1. The summed E-state index contributed by atoms with van der Waals surface area (Å²) in [5, 5.41) is 2.10. The fourth-order valence-electron chi connectivity index (χ4n) is 1.98. The summed E-state index contributed by atoms with van der Waals surface area (Å²) in [6, 6.07) is 8.30. The quantitative estimate of drug-likeness (QED) is 0.775. The molecule has 132 valence electrons. The van der Waals surface area contributed by atoms with E-state index in [4.69, 9.17) is 4.74 Å². The molecular formula is C16H16N2O6S. The fourth-order valence-corrected chi connectivity index (χ4v) is 2.61. The van der Waals surface area contributed by atoms with Crippen molar-refractivity contribution in [2.24, 2.45) is 7.05 Å². The third kappa shape index (κ3) is 4.77. The van der Waals surface area contributed by atoms with E-state index >= 15 is 0 Å². The predicted molar refractivity (Wildman–Crippen MR) is 87.7 cm³/mol. The first kappa shape index (κ1) is 18.4. The molecule has 9 heteroatoms. The molecule has 1 heterocycles. The van der Waals surface area contributed by atoms with Crippen LogP contribution in [0.25, 0.3) is 0 Å². The Morgan fingerprint density at radius 1 is 1.12 bits per heavy atom. The van der Waals surface area contributed by atoms with Crippen LogP contribution in [-0.2, 0) is 26.4 Å². The molecule has 0 aliphatic carbocycles. The van der Waals surface area contributed by atoms with E-state index in [0.29, 0.717) is 0 Å². The number of imide groups is 1. The summed E-state index contributed by atoms with van der Waals surface area (Å²) < 4.78 is 29.0. The summed E-state index contributed by atoms with van der Waals surface area (Å²) in [6.45, 7) is -0.636. The third-order valence-electron chi connectivity index (χ3n) is 3.28. The minimum Gasteiger partial charge on any atom is -0.452 e. The zero-order chi connectivity index (χ0) is 18.6. The van der Waals surface area contributed by atoms with Gasteiger partial charge >= 0.3 is 5.97 Å². The van der Waals surface area contributed by atoms with Crippen molar-refractivity contribution < 1.29 is 27.5 Å². The molecule has 25 heavy (non-hydrogen) atoms. The van der Waals surface area contributed by atoms with E-state index < -0.39 is 34.2 Å². The minimum absolute atomic E-state index is 0.0648. The van der Waals surface area contributed by atoms with Gasteiger partial charge < -0.3 is 9.30 Å². The Balaban J connectivity index is 1.90. The molecule has 0 aliphatic rings. The van der Waals surface area contributed by atoms with E-state index in [1.807, 2.05) is 0 Å². The number of benzene rings is 1. The van der Waals surface area contributed by atoms with Crippen molar-refractivity contribution in [3.05, 3.63) is 53.9 Å². The van der Waals surface area contributed by atoms with E-state index in [0.717, 1.165) is 6.26 Å². The molecule has 2 rings (SSSR count). The normalized spacial score (nSPS) is 11.0. The molecule has 0 unspecified atom stereocenters. The zero-order valence-electron chi connectivity index (χ0n) is 13.6. The first-order valence-electron chi connectivity index (χ1n) is 7.11. The van der Waals surface area contributed by atoms with Crippen LogP contribution in [0.3, 0.4) is 0 Å². The van der Waals surface area contributed by atoms with Crippen molar-refractivity contribution in [3.63, 3.8) is 0 Å². The molecule has 1 aromatic carbocycles. The third-order valence-corrected chi connectivity index (χ3v) is 4.41. The first-order chi connectivity index (χ1) is 11.7. The second-order valence-corrected chi connectivity index (χ2v) is 7.27. The van der Waals surface area contributed by atoms with Crippen molar-refractivity contribution in [2.45, 2.75) is 4.90 Å². The van der Waals surface area contributed by atoms with Crippen LogP contribution in [0.5, 0.6) is 0 Å². The highest BCUT2D eigenvalue weighted by molar-refractivity contribution is 7.90. The Morgan fingerprint density at radius 3 is 2.28 bits per heavy atom. The Labute approximate surface area is 144 Å². The largest absolute Gasteiger partial charge is 0.452 e. The maximum atomic E-state index is 11.8. The van der Waals surface area contributed by atoms with E-state index in [1.165, 1.54) is 34.9 Å². The molecular weight excluding hydrogens is 348 g/mol. The van der Waals surface area contributed by atoms with E-state index in [1.54, 1.807) is 19.3 Å². The number of hydrogen-bond donors (Lipinski definition) is 1. The van der Waals surface area contributed by atoms with Crippen molar-refractivity contribution in [1.29, 1.82) is 0 Å². The molecule has 0 spiro atoms. The summed E-state index contributed by atoms with van der Waals surface area (Å²) >= 11 is 0. The molecule has 1 N–H and O–H groups in total. The number of aryl methyl sites for hydroxylation is 1. The van der Waals surface area contributed by atoms with E-state index in [2.05, 4.69) is 5.32 Å². The monoisotopic (exact) mass is 364 g/mol. The standard InChI is InChI=1S/C16H16N2O6S/c1-18-9-3-4-13(18)15(20)17-14(19)10-24-16(21)11-5-7-12(8-6-11)25(2,22)23/h3-9H,10H2,1-2H3,(H,17,19,20). The average molecular weight is 364 g/mol. The van der Waals surface area contributed by atoms with Crippen LogP contribution in [0.1, 0.15) is 20.8 Å². The lowest BCUT2D eigenvalue weighted by atomic mass is 10.2. The van der Waals surface area contributed by atoms with Gasteiger partial charge in [-0.15, -0.1) is 0 Å². The number of hydrogen-bond acceptors (Lipinski definition) is 6. The molecule has 0 atom stereocenters. The lowest BCUT2D eigenvalue weighted by molar-refractivity contribution is -0.123. The van der Waals surface area contributed by atoms with Crippen LogP contribution in [0.2, 0.25) is 0 Å². The maximum Gasteiger partial charge on any atom is 0.338 e. The van der Waals surface area contributed by atoms with Crippen LogP contribution < -0.4 is 5.32 Å². The van der Waals surface area contributed by atoms with Crippen LogP contribution in [0.4, 0.5) is 0 Å². The van der Waals surface area contributed by atoms with E-state index in [-0.39, 0.29) is 16.2 Å². The van der Waals surface area contributed by atoms with Gasteiger partial charge in [0.1, 0.15) is 5.69 Å². The van der Waals surface area contributed by atoms with Crippen molar-refractivity contribution in [1.82, 2.24) is 9.88 Å². The summed E-state index contributed by atoms with van der Waals surface area (Å²) in [4.78, 5) is 35.4.